The van der Waals surface area contributed by atoms with E-state index in [0.29, 0.717) is 45.9 Å². The van der Waals surface area contributed by atoms with E-state index in [1.807, 2.05) is 41.9 Å². The largest absolute Gasteiger partial charge is 0.443 e. The van der Waals surface area contributed by atoms with Crippen LogP contribution in [0.4, 0.5) is 32.6 Å². The number of nitrogens with zero attached hydrogens (tertiary/aromatic N) is 6. The molecule has 4 heterocycles. The highest BCUT2D eigenvalue weighted by molar-refractivity contribution is 6.05. The summed E-state index contributed by atoms with van der Waals surface area (Å²) >= 11 is 0. The van der Waals surface area contributed by atoms with Crippen LogP contribution in [0, 0.1) is 11.8 Å². The Kier molecular flexibility index (Phi) is 9.48. The van der Waals surface area contributed by atoms with Crippen LogP contribution in [-0.2, 0) is 18.2 Å². The summed E-state index contributed by atoms with van der Waals surface area (Å²) in [6.07, 6.45) is 1.31. The minimum Gasteiger partial charge on any atom is -0.443 e. The summed E-state index contributed by atoms with van der Waals surface area (Å²) in [5.74, 6) is 5.88. The summed E-state index contributed by atoms with van der Waals surface area (Å²) in [6.45, 7) is 9.46. The number of benzene rings is 2. The quantitative estimate of drug-likeness (QED) is 0.259. The lowest BCUT2D eigenvalue weighted by Crippen LogP contribution is -2.44. The Labute approximate surface area is 291 Å². The number of likely N-dealkylation sites (N-methyl/N-ethyl adjacent to an activating group) is 1. The molecule has 6 rings (SSSR count). The molecule has 0 unspecified atom stereocenters. The molecule has 0 aliphatic carbocycles. The van der Waals surface area contributed by atoms with Gasteiger partial charge in [0.25, 0.3) is 5.91 Å². The number of urea groups is 1. The van der Waals surface area contributed by atoms with E-state index in [4.69, 9.17) is 10.5 Å². The number of carbonyl (C=O) groups is 3. The molecular formula is C37H41N9O4. The van der Waals surface area contributed by atoms with Crippen LogP contribution in [0.3, 0.4) is 0 Å². The van der Waals surface area contributed by atoms with Crippen molar-refractivity contribution in [2.45, 2.75) is 32.8 Å². The minimum atomic E-state index is -0.731. The van der Waals surface area contributed by atoms with Gasteiger partial charge in [0.1, 0.15) is 11.3 Å². The lowest BCUT2D eigenvalue weighted by molar-refractivity contribution is 0.0232. The Morgan fingerprint density at radius 2 is 1.64 bits per heavy atom. The molecule has 0 spiro atoms. The van der Waals surface area contributed by atoms with Gasteiger partial charge >= 0.3 is 12.1 Å². The average molecular weight is 676 g/mol. The number of nitrogen functional groups attached to an aromatic ring is 1. The van der Waals surface area contributed by atoms with E-state index in [-0.39, 0.29) is 18.5 Å². The number of rotatable bonds is 4. The number of hydrogen-bond donors (Lipinski definition) is 3. The van der Waals surface area contributed by atoms with Gasteiger partial charge in [-0.2, -0.15) is 0 Å². The van der Waals surface area contributed by atoms with E-state index in [2.05, 4.69) is 49.3 Å². The van der Waals surface area contributed by atoms with E-state index in [0.717, 1.165) is 42.5 Å². The number of amides is 4. The molecule has 1 fully saturated rings. The standard InChI is InChI=1S/C37H41N9O4/c1-37(2,3)50-36(49)46-16-15-30-29(33(46)47)22-31(44(30)5)32-25(23-39-34(38)42-32)10-9-24-7-6-8-27(21-24)41-35(48)40-26-11-13-28(14-12-26)45-19-17-43(4)18-20-45/h6-8,11-14,21-23H,15-20H2,1-5H3,(H2,38,39,42)(H2,40,41,48). The molecule has 13 heteroatoms. The van der Waals surface area contributed by atoms with Crippen LogP contribution in [0.1, 0.15) is 48.0 Å². The van der Waals surface area contributed by atoms with Gasteiger partial charge in [0, 0.05) is 80.7 Å². The summed E-state index contributed by atoms with van der Waals surface area (Å²) in [7, 11) is 3.96. The Bertz CT molecular complexity index is 2000. The van der Waals surface area contributed by atoms with Gasteiger partial charge in [-0.25, -0.2) is 24.5 Å². The van der Waals surface area contributed by atoms with E-state index in [1.165, 1.54) is 6.20 Å². The van der Waals surface area contributed by atoms with Crippen LogP contribution < -0.4 is 21.3 Å². The van der Waals surface area contributed by atoms with Crippen molar-refractivity contribution < 1.29 is 19.1 Å². The number of imide groups is 1. The number of nitrogens with two attached hydrogens (primary N) is 1. The van der Waals surface area contributed by atoms with E-state index in [9.17, 15) is 14.4 Å². The van der Waals surface area contributed by atoms with Crippen LogP contribution >= 0.6 is 0 Å². The Morgan fingerprint density at radius 3 is 2.36 bits per heavy atom. The number of carbonyl (C=O) groups excluding carboxylic acids is 3. The Hall–Kier alpha value is -5.87. The fraction of sp³-hybridized carbons (Fsp3) is 0.324. The number of ether oxygens (including phenoxy) is 1. The van der Waals surface area contributed by atoms with Gasteiger partial charge in [-0.05, 0) is 76.3 Å². The minimum absolute atomic E-state index is 0.0533. The maximum Gasteiger partial charge on any atom is 0.417 e. The zero-order valence-electron chi connectivity index (χ0n) is 28.9. The topological polar surface area (TPSA) is 151 Å². The highest BCUT2D eigenvalue weighted by atomic mass is 16.6. The lowest BCUT2D eigenvalue weighted by atomic mass is 10.1. The highest BCUT2D eigenvalue weighted by Gasteiger charge is 2.35. The van der Waals surface area contributed by atoms with Crippen LogP contribution in [0.25, 0.3) is 11.4 Å². The summed E-state index contributed by atoms with van der Waals surface area (Å²) in [5.41, 5.74) is 11.0. The number of aromatic nitrogens is 3. The maximum atomic E-state index is 13.4. The predicted molar refractivity (Wildman–Crippen MR) is 193 cm³/mol. The third-order valence-electron chi connectivity index (χ3n) is 8.53. The van der Waals surface area contributed by atoms with Gasteiger partial charge in [-0.3, -0.25) is 4.79 Å². The Balaban J connectivity index is 1.16. The van der Waals surface area contributed by atoms with Crippen LogP contribution in [0.15, 0.2) is 60.8 Å². The molecule has 0 radical (unpaired) electrons. The molecule has 2 aromatic carbocycles. The van der Waals surface area contributed by atoms with E-state index >= 15 is 0 Å². The summed E-state index contributed by atoms with van der Waals surface area (Å²) in [4.78, 5) is 53.4. The molecule has 4 aromatic rings. The van der Waals surface area contributed by atoms with Crippen molar-refractivity contribution in [2.24, 2.45) is 7.05 Å². The molecule has 0 saturated carbocycles. The molecule has 2 aromatic heterocycles. The molecule has 2 aliphatic heterocycles. The van der Waals surface area contributed by atoms with Crippen molar-refractivity contribution >= 4 is 41.0 Å². The van der Waals surface area contributed by atoms with Crippen LogP contribution in [0.2, 0.25) is 0 Å². The molecule has 4 amide bonds. The SMILES string of the molecule is CN1CCN(c2ccc(NC(=O)Nc3cccc(C#Cc4cnc(N)nc4-c4cc5c(n4C)CCN(C(=O)OC(C)(C)C)C5=O)c3)cc2)CC1. The second kappa shape index (κ2) is 13.9. The second-order valence-corrected chi connectivity index (χ2v) is 13.4. The van der Waals surface area contributed by atoms with Crippen molar-refractivity contribution in [3.05, 3.63) is 83.2 Å². The zero-order valence-corrected chi connectivity index (χ0v) is 28.9. The molecule has 0 atom stereocenters. The number of fused-ring (bicyclic) bond motifs is 1. The second-order valence-electron chi connectivity index (χ2n) is 13.4. The molecular weight excluding hydrogens is 634 g/mol. The molecule has 4 N–H and O–H groups in total. The van der Waals surface area contributed by atoms with E-state index in [1.54, 1.807) is 45.0 Å². The normalized spacial score (nSPS) is 14.8. The average Bonchev–Trinajstić information content (AvgIpc) is 3.41. The first-order valence-corrected chi connectivity index (χ1v) is 16.4. The maximum absolute atomic E-state index is 13.4. The fourth-order valence-corrected chi connectivity index (χ4v) is 5.92. The van der Waals surface area contributed by atoms with Gasteiger partial charge in [0.15, 0.2) is 0 Å². The monoisotopic (exact) mass is 675 g/mol. The molecule has 50 heavy (non-hydrogen) atoms. The van der Waals surface area contributed by atoms with Crippen molar-refractivity contribution in [3.63, 3.8) is 0 Å². The summed E-state index contributed by atoms with van der Waals surface area (Å²) in [6, 6.07) is 16.4. The van der Waals surface area contributed by atoms with Crippen LogP contribution in [-0.4, -0.2) is 87.7 Å². The molecule has 258 valence electrons. The first-order chi connectivity index (χ1) is 23.8. The van der Waals surface area contributed by atoms with Gasteiger partial charge < -0.3 is 35.5 Å². The number of piperazine rings is 1. The fourth-order valence-electron chi connectivity index (χ4n) is 5.92. The van der Waals surface area contributed by atoms with Gasteiger partial charge in [0.05, 0.1) is 16.8 Å². The summed E-state index contributed by atoms with van der Waals surface area (Å²) < 4.78 is 7.32. The molecule has 1 saturated heterocycles. The third-order valence-corrected chi connectivity index (χ3v) is 8.53. The zero-order chi connectivity index (χ0) is 35.6. The summed E-state index contributed by atoms with van der Waals surface area (Å²) in [5, 5.41) is 5.76. The predicted octanol–water partition coefficient (Wildman–Crippen LogP) is 4.79. The highest BCUT2D eigenvalue weighted by Crippen LogP contribution is 2.31. The number of nitrogens with one attached hydrogen (secondary N) is 2. The Morgan fingerprint density at radius 1 is 0.920 bits per heavy atom. The van der Waals surface area contributed by atoms with Gasteiger partial charge in [-0.15, -0.1) is 0 Å². The van der Waals surface area contributed by atoms with Crippen LogP contribution in [0.5, 0.6) is 0 Å². The van der Waals surface area contributed by atoms with Crippen molar-refractivity contribution in [3.8, 4) is 23.2 Å². The first-order valence-electron chi connectivity index (χ1n) is 16.4. The van der Waals surface area contributed by atoms with Crippen molar-refractivity contribution in [1.82, 2.24) is 24.3 Å². The molecule has 0 bridgehead atoms. The smallest absolute Gasteiger partial charge is 0.417 e. The van der Waals surface area contributed by atoms with Crippen molar-refractivity contribution in [2.75, 3.05) is 61.0 Å². The number of hydrogen-bond acceptors (Lipinski definition) is 9. The number of anilines is 4. The third kappa shape index (κ3) is 7.71. The molecule has 2 aliphatic rings. The molecule has 13 nitrogen and oxygen atoms in total. The first kappa shape index (κ1) is 34.0. The van der Waals surface area contributed by atoms with Gasteiger partial charge in [0.2, 0.25) is 5.95 Å². The van der Waals surface area contributed by atoms with Crippen molar-refractivity contribution in [1.29, 1.82) is 0 Å². The lowest BCUT2D eigenvalue weighted by Gasteiger charge is -2.34. The van der Waals surface area contributed by atoms with E-state index < -0.39 is 17.6 Å². The van der Waals surface area contributed by atoms with Gasteiger partial charge in [-0.1, -0.05) is 17.9 Å².